The van der Waals surface area contributed by atoms with Crippen molar-refractivity contribution in [3.05, 3.63) is 140 Å². The Hall–Kier alpha value is -4.89. The average molecular weight is 620 g/mol. The predicted molar refractivity (Wildman–Crippen MR) is 162 cm³/mol. The van der Waals surface area contributed by atoms with Crippen molar-refractivity contribution in [3.8, 4) is 0 Å². The summed E-state index contributed by atoms with van der Waals surface area (Å²) in [6, 6.07) is 25.4. The largest absolute Gasteiger partial charge is 0.352 e. The van der Waals surface area contributed by atoms with Crippen LogP contribution >= 0.6 is 15.9 Å². The van der Waals surface area contributed by atoms with E-state index in [4.69, 9.17) is 0 Å². The number of para-hydroxylation sites is 2. The summed E-state index contributed by atoms with van der Waals surface area (Å²) in [5.74, 6) is -2.28. The molecule has 0 bridgehead atoms. The molecule has 0 aliphatic carbocycles. The third kappa shape index (κ3) is 3.63. The molecule has 42 heavy (non-hydrogen) atoms. The summed E-state index contributed by atoms with van der Waals surface area (Å²) in [7, 11) is 0. The number of nitrogens with one attached hydrogen (secondary N) is 1. The van der Waals surface area contributed by atoms with E-state index in [9.17, 15) is 24.5 Å². The number of hydrogen-bond donors (Lipinski definition) is 1. The van der Waals surface area contributed by atoms with E-state index in [2.05, 4.69) is 21.2 Å². The minimum absolute atomic E-state index is 0.106. The Kier molecular flexibility index (Phi) is 5.95. The molecule has 1 saturated heterocycles. The molecule has 7 rings (SSSR count). The molecule has 1 N–H and O–H groups in total. The Morgan fingerprint density at radius 2 is 1.62 bits per heavy atom. The molecule has 8 nitrogen and oxygen atoms in total. The maximum atomic E-state index is 14.7. The maximum absolute atomic E-state index is 14.7. The molecule has 206 valence electrons. The van der Waals surface area contributed by atoms with Gasteiger partial charge < -0.3 is 10.2 Å². The topological polar surface area (TPSA) is 110 Å². The highest BCUT2D eigenvalue weighted by atomic mass is 79.9. The fourth-order valence-corrected chi connectivity index (χ4v) is 7.13. The Morgan fingerprint density at radius 1 is 0.881 bits per heavy atom. The van der Waals surface area contributed by atoms with Gasteiger partial charge in [-0.1, -0.05) is 88.7 Å². The standard InChI is InChI=1S/C33H22BrN3O5/c34-22-15-12-20(13-16-22)30(39)31-33(24-9-2-3-10-25(24)35-32(33)40)28(29(38)21-7-5-8-23(18-21)37(41)42)27-17-14-19-6-1-4-11-26(19)36(27)31/h1-18,27-28,31H,(H,35,40)/t27?,28-,31+,33+/m0/s1. The van der Waals surface area contributed by atoms with Crippen LogP contribution in [0.3, 0.4) is 0 Å². The molecule has 4 atom stereocenters. The van der Waals surface area contributed by atoms with Gasteiger partial charge in [-0.05, 0) is 35.4 Å². The summed E-state index contributed by atoms with van der Waals surface area (Å²) in [6.45, 7) is 0. The first-order valence-electron chi connectivity index (χ1n) is 13.4. The number of Topliss-reactive ketones (excluding diaryl/α,β-unsaturated/α-hetero) is 2. The number of benzene rings is 4. The molecule has 1 amide bonds. The molecule has 0 radical (unpaired) electrons. The van der Waals surface area contributed by atoms with Gasteiger partial charge in [0, 0.05) is 39.1 Å². The summed E-state index contributed by atoms with van der Waals surface area (Å²) in [5, 5.41) is 14.6. The van der Waals surface area contributed by atoms with Gasteiger partial charge in [-0.2, -0.15) is 0 Å². The van der Waals surface area contributed by atoms with E-state index in [0.29, 0.717) is 16.8 Å². The van der Waals surface area contributed by atoms with E-state index in [1.165, 1.54) is 24.3 Å². The lowest BCUT2D eigenvalue weighted by atomic mass is 9.63. The Balaban J connectivity index is 1.53. The molecule has 3 heterocycles. The van der Waals surface area contributed by atoms with Crippen LogP contribution in [-0.4, -0.2) is 34.5 Å². The van der Waals surface area contributed by atoms with Crippen LogP contribution in [0, 0.1) is 16.0 Å². The van der Waals surface area contributed by atoms with Crippen LogP contribution in [0.15, 0.2) is 108 Å². The van der Waals surface area contributed by atoms with Crippen molar-refractivity contribution in [1.82, 2.24) is 0 Å². The summed E-state index contributed by atoms with van der Waals surface area (Å²) < 4.78 is 0.798. The first-order valence-corrected chi connectivity index (χ1v) is 14.2. The van der Waals surface area contributed by atoms with Gasteiger partial charge in [0.2, 0.25) is 5.91 Å². The van der Waals surface area contributed by atoms with Crippen LogP contribution in [0.25, 0.3) is 6.08 Å². The van der Waals surface area contributed by atoms with Gasteiger partial charge in [0.15, 0.2) is 11.6 Å². The molecule has 3 aliphatic rings. The number of anilines is 2. The van der Waals surface area contributed by atoms with Crippen LogP contribution < -0.4 is 10.2 Å². The first kappa shape index (κ1) is 26.0. The summed E-state index contributed by atoms with van der Waals surface area (Å²) in [5.41, 5.74) is 1.31. The lowest BCUT2D eigenvalue weighted by molar-refractivity contribution is -0.384. The monoisotopic (exact) mass is 619 g/mol. The van der Waals surface area contributed by atoms with Crippen LogP contribution in [0.4, 0.5) is 17.1 Å². The van der Waals surface area contributed by atoms with Gasteiger partial charge >= 0.3 is 0 Å². The van der Waals surface area contributed by atoms with Gasteiger partial charge in [-0.25, -0.2) is 0 Å². The number of hydrogen-bond acceptors (Lipinski definition) is 6. The highest BCUT2D eigenvalue weighted by Crippen LogP contribution is 2.58. The molecule has 9 heteroatoms. The number of carbonyl (C=O) groups excluding carboxylic acids is 3. The lowest BCUT2D eigenvalue weighted by Crippen LogP contribution is -2.55. The Bertz CT molecular complexity index is 1850. The van der Waals surface area contributed by atoms with Gasteiger partial charge in [-0.15, -0.1) is 0 Å². The van der Waals surface area contributed by atoms with Crippen molar-refractivity contribution in [2.75, 3.05) is 10.2 Å². The Labute approximate surface area is 248 Å². The average Bonchev–Trinajstić information content (AvgIpc) is 3.48. The molecule has 1 unspecified atom stereocenters. The second kappa shape index (κ2) is 9.60. The van der Waals surface area contributed by atoms with E-state index >= 15 is 0 Å². The minimum atomic E-state index is -1.63. The molecule has 3 aliphatic heterocycles. The molecule has 0 aromatic heterocycles. The van der Waals surface area contributed by atoms with Crippen molar-refractivity contribution in [3.63, 3.8) is 0 Å². The number of fused-ring (bicyclic) bond motifs is 5. The molecule has 4 aromatic rings. The second-order valence-electron chi connectivity index (χ2n) is 10.6. The third-order valence-electron chi connectivity index (χ3n) is 8.55. The van der Waals surface area contributed by atoms with Gasteiger partial charge in [-0.3, -0.25) is 24.5 Å². The van der Waals surface area contributed by atoms with Crippen LogP contribution in [0.1, 0.15) is 31.8 Å². The number of nitro groups is 1. The van der Waals surface area contributed by atoms with E-state index in [0.717, 1.165) is 15.7 Å². The Morgan fingerprint density at radius 3 is 2.40 bits per heavy atom. The van der Waals surface area contributed by atoms with Gasteiger partial charge in [0.05, 0.1) is 16.9 Å². The zero-order chi connectivity index (χ0) is 29.2. The fourth-order valence-electron chi connectivity index (χ4n) is 6.86. The molecular formula is C33H22BrN3O5. The number of amides is 1. The molecule has 1 fully saturated rings. The van der Waals surface area contributed by atoms with E-state index in [-0.39, 0.29) is 17.0 Å². The van der Waals surface area contributed by atoms with Crippen molar-refractivity contribution < 1.29 is 19.3 Å². The van der Waals surface area contributed by atoms with Gasteiger partial charge in [0.1, 0.15) is 11.5 Å². The van der Waals surface area contributed by atoms with Crippen molar-refractivity contribution in [1.29, 1.82) is 0 Å². The number of nitro benzene ring substituents is 1. The molecular weight excluding hydrogens is 598 g/mol. The fraction of sp³-hybridized carbons (Fsp3) is 0.121. The van der Waals surface area contributed by atoms with Crippen LogP contribution in [0.5, 0.6) is 0 Å². The normalized spacial score (nSPS) is 23.2. The zero-order valence-corrected chi connectivity index (χ0v) is 23.5. The predicted octanol–water partition coefficient (Wildman–Crippen LogP) is 6.21. The first-order chi connectivity index (χ1) is 20.3. The highest BCUT2D eigenvalue weighted by molar-refractivity contribution is 9.10. The van der Waals surface area contributed by atoms with E-state index in [1.807, 2.05) is 41.3 Å². The molecule has 1 spiro atoms. The van der Waals surface area contributed by atoms with E-state index in [1.54, 1.807) is 48.5 Å². The van der Waals surface area contributed by atoms with Crippen LogP contribution in [-0.2, 0) is 10.2 Å². The van der Waals surface area contributed by atoms with Crippen molar-refractivity contribution in [2.24, 2.45) is 5.92 Å². The maximum Gasteiger partial charge on any atom is 0.270 e. The smallest absolute Gasteiger partial charge is 0.270 e. The summed E-state index contributed by atoms with van der Waals surface area (Å²) >= 11 is 3.43. The number of carbonyl (C=O) groups is 3. The zero-order valence-electron chi connectivity index (χ0n) is 21.9. The second-order valence-corrected chi connectivity index (χ2v) is 11.5. The number of non-ortho nitro benzene ring substituents is 1. The van der Waals surface area contributed by atoms with Crippen molar-refractivity contribution >= 4 is 56.5 Å². The molecule has 0 saturated carbocycles. The summed E-state index contributed by atoms with van der Waals surface area (Å²) in [4.78, 5) is 56.8. The number of nitrogens with zero attached hydrogens (tertiary/aromatic N) is 2. The summed E-state index contributed by atoms with van der Waals surface area (Å²) in [6.07, 6.45) is 3.77. The number of rotatable bonds is 5. The quantitative estimate of drug-likeness (QED) is 0.161. The number of halogens is 1. The highest BCUT2D eigenvalue weighted by Gasteiger charge is 2.71. The third-order valence-corrected chi connectivity index (χ3v) is 9.08. The number of ketones is 2. The van der Waals surface area contributed by atoms with Crippen LogP contribution in [0.2, 0.25) is 0 Å². The lowest BCUT2D eigenvalue weighted by Gasteiger charge is -2.37. The van der Waals surface area contributed by atoms with E-state index < -0.39 is 40.0 Å². The molecule has 4 aromatic carbocycles. The van der Waals surface area contributed by atoms with Gasteiger partial charge in [0.25, 0.3) is 5.69 Å². The van der Waals surface area contributed by atoms with Crippen molar-refractivity contribution in [2.45, 2.75) is 17.5 Å². The minimum Gasteiger partial charge on any atom is -0.352 e. The SMILES string of the molecule is O=C(c1cccc([N+](=O)[O-])c1)[C@@H]1C2C=Cc3ccccc3N2[C@H](C(=O)c2ccc(Br)cc2)[C@]12C(=O)Nc1ccccc12.